The van der Waals surface area contributed by atoms with E-state index in [9.17, 15) is 24.3 Å². The molecule has 8 heteroatoms. The molecule has 2 rings (SSSR count). The first kappa shape index (κ1) is 15.5. The standard InChI is InChI=1S/C14H14N2O6/c1-22-13(20)8-4-5-9-10(7-8)15-14(21)16(12(9)19)6-2-3-11(17)18/h4-5,7H,2-3,6H2,1H3,(H,15,21)(H,17,18)/p-1. The van der Waals surface area contributed by atoms with Crippen LogP contribution in [-0.4, -0.2) is 28.6 Å². The van der Waals surface area contributed by atoms with Crippen molar-refractivity contribution in [3.05, 3.63) is 44.6 Å². The Hall–Kier alpha value is -2.90. The third-order valence-electron chi connectivity index (χ3n) is 3.17. The van der Waals surface area contributed by atoms with Gasteiger partial charge in [-0.2, -0.15) is 0 Å². The third kappa shape index (κ3) is 3.05. The highest BCUT2D eigenvalue weighted by molar-refractivity contribution is 5.93. The molecule has 1 N–H and O–H groups in total. The highest BCUT2D eigenvalue weighted by Crippen LogP contribution is 2.10. The molecule has 8 nitrogen and oxygen atoms in total. The molecule has 2 aromatic rings. The number of rotatable bonds is 5. The molecule has 0 bridgehead atoms. The van der Waals surface area contributed by atoms with Gasteiger partial charge in [0.15, 0.2) is 0 Å². The van der Waals surface area contributed by atoms with E-state index >= 15 is 0 Å². The number of fused-ring (bicyclic) bond motifs is 1. The van der Waals surface area contributed by atoms with Gasteiger partial charge in [0, 0.05) is 12.5 Å². The molecule has 0 unspecified atom stereocenters. The molecule has 0 amide bonds. The Morgan fingerprint density at radius 1 is 1.32 bits per heavy atom. The zero-order valence-electron chi connectivity index (χ0n) is 11.8. The molecule has 1 heterocycles. The number of carboxylic acid groups (broad SMARTS) is 1. The quantitative estimate of drug-likeness (QED) is 0.708. The minimum absolute atomic E-state index is 0.0309. The minimum Gasteiger partial charge on any atom is -0.550 e. The van der Waals surface area contributed by atoms with Crippen LogP contribution in [0.4, 0.5) is 0 Å². The summed E-state index contributed by atoms with van der Waals surface area (Å²) in [5.41, 5.74) is -0.791. The molecule has 1 aromatic heterocycles. The number of H-pyrrole nitrogens is 1. The van der Waals surface area contributed by atoms with Gasteiger partial charge in [0.25, 0.3) is 5.56 Å². The Labute approximate surface area is 124 Å². The maximum atomic E-state index is 12.2. The molecule has 0 fully saturated rings. The summed E-state index contributed by atoms with van der Waals surface area (Å²) in [5, 5.41) is 10.6. The molecule has 0 spiro atoms. The molecule has 0 saturated heterocycles. The van der Waals surface area contributed by atoms with Gasteiger partial charge in [-0.05, 0) is 31.0 Å². The van der Waals surface area contributed by atoms with Crippen molar-refractivity contribution in [1.29, 1.82) is 0 Å². The van der Waals surface area contributed by atoms with Crippen LogP contribution in [0.2, 0.25) is 0 Å². The Balaban J connectivity index is 2.46. The van der Waals surface area contributed by atoms with Crippen LogP contribution in [0.1, 0.15) is 23.2 Å². The van der Waals surface area contributed by atoms with Crippen LogP contribution in [0.25, 0.3) is 10.9 Å². The van der Waals surface area contributed by atoms with Crippen LogP contribution in [0.15, 0.2) is 27.8 Å². The molecular formula is C14H13N2O6-. The first-order valence-electron chi connectivity index (χ1n) is 6.49. The number of aromatic amines is 1. The number of nitrogens with one attached hydrogen (secondary N) is 1. The van der Waals surface area contributed by atoms with Crippen molar-refractivity contribution in [3.8, 4) is 0 Å². The number of aromatic nitrogens is 2. The summed E-state index contributed by atoms with van der Waals surface area (Å²) in [6.07, 6.45) is -0.137. The maximum Gasteiger partial charge on any atom is 0.337 e. The van der Waals surface area contributed by atoms with E-state index in [-0.39, 0.29) is 35.9 Å². The first-order chi connectivity index (χ1) is 10.4. The highest BCUT2D eigenvalue weighted by Gasteiger charge is 2.11. The van der Waals surface area contributed by atoms with E-state index in [4.69, 9.17) is 0 Å². The number of esters is 1. The van der Waals surface area contributed by atoms with E-state index in [1.54, 1.807) is 0 Å². The van der Waals surface area contributed by atoms with Gasteiger partial charge in [0.05, 0.1) is 23.6 Å². The summed E-state index contributed by atoms with van der Waals surface area (Å²) in [6, 6.07) is 4.18. The van der Waals surface area contributed by atoms with E-state index in [0.29, 0.717) is 0 Å². The molecule has 116 valence electrons. The molecule has 0 saturated carbocycles. The number of carbonyl (C=O) groups is 2. The summed E-state index contributed by atoms with van der Waals surface area (Å²) >= 11 is 0. The number of hydrogen-bond donors (Lipinski definition) is 1. The predicted octanol–water partition coefficient (Wildman–Crippen LogP) is -0.993. The van der Waals surface area contributed by atoms with Crippen molar-refractivity contribution in [2.45, 2.75) is 19.4 Å². The number of ether oxygens (including phenoxy) is 1. The van der Waals surface area contributed by atoms with Crippen molar-refractivity contribution >= 4 is 22.8 Å². The lowest BCUT2D eigenvalue weighted by Crippen LogP contribution is -2.35. The third-order valence-corrected chi connectivity index (χ3v) is 3.17. The fourth-order valence-corrected chi connectivity index (χ4v) is 2.08. The number of methoxy groups -OCH3 is 1. The number of hydrogen-bond acceptors (Lipinski definition) is 6. The van der Waals surface area contributed by atoms with Crippen LogP contribution in [0.3, 0.4) is 0 Å². The molecule has 0 radical (unpaired) electrons. The lowest BCUT2D eigenvalue weighted by atomic mass is 10.1. The number of carboxylic acids is 1. The monoisotopic (exact) mass is 305 g/mol. The maximum absolute atomic E-state index is 12.2. The van der Waals surface area contributed by atoms with Crippen LogP contribution < -0.4 is 16.4 Å². The smallest absolute Gasteiger partial charge is 0.337 e. The largest absolute Gasteiger partial charge is 0.550 e. The van der Waals surface area contributed by atoms with Crippen LogP contribution >= 0.6 is 0 Å². The van der Waals surface area contributed by atoms with Gasteiger partial charge in [-0.25, -0.2) is 9.59 Å². The van der Waals surface area contributed by atoms with Crippen molar-refractivity contribution in [2.24, 2.45) is 0 Å². The van der Waals surface area contributed by atoms with Crippen LogP contribution in [0.5, 0.6) is 0 Å². The van der Waals surface area contributed by atoms with Gasteiger partial charge in [-0.3, -0.25) is 9.36 Å². The molecule has 0 aliphatic rings. The number of nitrogens with zero attached hydrogens (tertiary/aromatic N) is 1. The van der Waals surface area contributed by atoms with Gasteiger partial charge in [0.2, 0.25) is 0 Å². The van der Waals surface area contributed by atoms with Crippen molar-refractivity contribution in [2.75, 3.05) is 7.11 Å². The molecule has 0 aliphatic carbocycles. The minimum atomic E-state index is -1.24. The summed E-state index contributed by atoms with van der Waals surface area (Å²) in [5.74, 6) is -1.83. The van der Waals surface area contributed by atoms with Gasteiger partial charge in [-0.15, -0.1) is 0 Å². The van der Waals surface area contributed by atoms with E-state index in [1.807, 2.05) is 0 Å². The fourth-order valence-electron chi connectivity index (χ4n) is 2.08. The average Bonchev–Trinajstić information content (AvgIpc) is 2.48. The Morgan fingerprint density at radius 3 is 2.68 bits per heavy atom. The molecule has 22 heavy (non-hydrogen) atoms. The summed E-state index contributed by atoms with van der Waals surface area (Å²) in [6.45, 7) is -0.0309. The van der Waals surface area contributed by atoms with Crippen LogP contribution in [0, 0.1) is 0 Å². The summed E-state index contributed by atoms with van der Waals surface area (Å²) < 4.78 is 5.49. The SMILES string of the molecule is COC(=O)c1ccc2c(=O)n(CCCC(=O)[O-])c(=O)[nH]c2c1. The highest BCUT2D eigenvalue weighted by atomic mass is 16.5. The van der Waals surface area contributed by atoms with Gasteiger partial charge < -0.3 is 19.6 Å². The zero-order chi connectivity index (χ0) is 16.3. The second-order valence-corrected chi connectivity index (χ2v) is 4.61. The lowest BCUT2D eigenvalue weighted by molar-refractivity contribution is -0.305. The van der Waals surface area contributed by atoms with Gasteiger partial charge >= 0.3 is 11.7 Å². The fraction of sp³-hybridized carbons (Fsp3) is 0.286. The summed E-state index contributed by atoms with van der Waals surface area (Å²) in [4.78, 5) is 48.5. The molecule has 0 aliphatic heterocycles. The average molecular weight is 305 g/mol. The molecule has 1 aromatic carbocycles. The second kappa shape index (κ2) is 6.25. The zero-order valence-corrected chi connectivity index (χ0v) is 11.8. The van der Waals surface area contributed by atoms with Crippen molar-refractivity contribution in [3.63, 3.8) is 0 Å². The van der Waals surface area contributed by atoms with Gasteiger partial charge in [0.1, 0.15) is 0 Å². The molecular weight excluding hydrogens is 292 g/mol. The Bertz CT molecular complexity index is 849. The number of benzene rings is 1. The predicted molar refractivity (Wildman–Crippen MR) is 74.4 cm³/mol. The Kier molecular flexibility index (Phi) is 4.40. The first-order valence-corrected chi connectivity index (χ1v) is 6.49. The lowest BCUT2D eigenvalue weighted by Gasteiger charge is -2.07. The Morgan fingerprint density at radius 2 is 2.05 bits per heavy atom. The number of carbonyl (C=O) groups excluding carboxylic acids is 2. The number of aliphatic carboxylic acids is 1. The van der Waals surface area contributed by atoms with Crippen molar-refractivity contribution in [1.82, 2.24) is 9.55 Å². The van der Waals surface area contributed by atoms with Crippen LogP contribution in [-0.2, 0) is 16.1 Å². The molecule has 0 atom stereocenters. The van der Waals surface area contributed by atoms with E-state index < -0.39 is 23.2 Å². The normalized spacial score (nSPS) is 10.6. The van der Waals surface area contributed by atoms with E-state index in [0.717, 1.165) is 4.57 Å². The van der Waals surface area contributed by atoms with E-state index in [2.05, 4.69) is 9.72 Å². The topological polar surface area (TPSA) is 121 Å². The van der Waals surface area contributed by atoms with Gasteiger partial charge in [-0.1, -0.05) is 0 Å². The second-order valence-electron chi connectivity index (χ2n) is 4.61. The van der Waals surface area contributed by atoms with Crippen molar-refractivity contribution < 1.29 is 19.4 Å². The van der Waals surface area contributed by atoms with E-state index in [1.165, 1.54) is 25.3 Å². The summed E-state index contributed by atoms with van der Waals surface area (Å²) in [7, 11) is 1.23.